The van der Waals surface area contributed by atoms with Crippen molar-refractivity contribution in [1.29, 1.82) is 0 Å². The number of hydrogen-bond acceptors (Lipinski definition) is 8. The van der Waals surface area contributed by atoms with E-state index < -0.39 is 29.5 Å². The predicted molar refractivity (Wildman–Crippen MR) is 116 cm³/mol. The molecule has 0 bridgehead atoms. The van der Waals surface area contributed by atoms with Crippen molar-refractivity contribution < 1.29 is 22.4 Å². The molecule has 3 aromatic heterocycles. The Hall–Kier alpha value is -4.14. The van der Waals surface area contributed by atoms with Gasteiger partial charge in [0.05, 0.1) is 12.1 Å². The van der Waals surface area contributed by atoms with Gasteiger partial charge in [-0.2, -0.15) is 17.6 Å². The highest BCUT2D eigenvalue weighted by Gasteiger charge is 2.34. The molecule has 0 saturated heterocycles. The van der Waals surface area contributed by atoms with Gasteiger partial charge in [-0.05, 0) is 25.1 Å². The highest BCUT2D eigenvalue weighted by atomic mass is 19.4. The molecule has 15 heteroatoms. The van der Waals surface area contributed by atoms with Crippen LogP contribution in [0, 0.1) is 5.95 Å². The van der Waals surface area contributed by atoms with Crippen molar-refractivity contribution in [3.63, 3.8) is 0 Å². The van der Waals surface area contributed by atoms with Gasteiger partial charge in [0.2, 0.25) is 5.95 Å². The second-order valence-corrected chi connectivity index (χ2v) is 7.18. The summed E-state index contributed by atoms with van der Waals surface area (Å²) in [5.74, 6) is -1.26. The van der Waals surface area contributed by atoms with Gasteiger partial charge in [0.15, 0.2) is 5.82 Å². The lowest BCUT2D eigenvalue weighted by Crippen LogP contribution is -2.39. The average Bonchev–Trinajstić information content (AvgIpc) is 3.37. The van der Waals surface area contributed by atoms with E-state index in [2.05, 4.69) is 36.7 Å². The van der Waals surface area contributed by atoms with Crippen LogP contribution in [-0.2, 0) is 6.18 Å². The van der Waals surface area contributed by atoms with Crippen LogP contribution in [0.5, 0.6) is 0 Å². The number of nitrogens with one attached hydrogen (secondary N) is 4. The van der Waals surface area contributed by atoms with Crippen molar-refractivity contribution >= 4 is 29.1 Å². The molecule has 0 saturated carbocycles. The third kappa shape index (κ3) is 4.78. The van der Waals surface area contributed by atoms with E-state index in [1.54, 1.807) is 5.12 Å². The van der Waals surface area contributed by atoms with Crippen LogP contribution in [-0.4, -0.2) is 44.4 Å². The minimum atomic E-state index is -4.69. The molecule has 6 N–H and O–H groups in total. The predicted octanol–water partition coefficient (Wildman–Crippen LogP) is 2.31. The number of hydrogen-bond donors (Lipinski definition) is 5. The fourth-order valence-corrected chi connectivity index (χ4v) is 3.16. The van der Waals surface area contributed by atoms with E-state index in [0.29, 0.717) is 18.8 Å². The minimum absolute atomic E-state index is 0.0864. The molecule has 4 rings (SSSR count). The summed E-state index contributed by atoms with van der Waals surface area (Å²) in [6.45, 7) is 2.78. The maximum Gasteiger partial charge on any atom is 0.419 e. The van der Waals surface area contributed by atoms with E-state index in [0.717, 1.165) is 16.7 Å². The van der Waals surface area contributed by atoms with Gasteiger partial charge < -0.3 is 11.1 Å². The Kier molecular flexibility index (Phi) is 6.10. The number of urea groups is 1. The van der Waals surface area contributed by atoms with Crippen molar-refractivity contribution in [1.82, 2.24) is 35.8 Å². The van der Waals surface area contributed by atoms with Crippen LogP contribution in [0.2, 0.25) is 0 Å². The van der Waals surface area contributed by atoms with Gasteiger partial charge >= 0.3 is 12.2 Å². The molecule has 0 aliphatic carbocycles. The molecule has 1 aliphatic rings. The van der Waals surface area contributed by atoms with E-state index in [4.69, 9.17) is 5.73 Å². The molecule has 3 aromatic rings. The summed E-state index contributed by atoms with van der Waals surface area (Å²) in [4.78, 5) is 19.7. The number of amidine groups is 1. The van der Waals surface area contributed by atoms with Gasteiger partial charge in [-0.25, -0.2) is 19.9 Å². The summed E-state index contributed by atoms with van der Waals surface area (Å²) in [7, 11) is 0. The standard InChI is InChI=1S/C19H20F4N10O/c1-2-33-30-13(29-31-33)5-6-25-18(34)28-17-15(20)32-9-10(3-4-14(32)27-17)11-7-12(19(21,22)23)16(24)26-8-11/h3-4,7-9,31H,2,5-6H2,1H3,(H2,24,26)(H,29,30)(H2,25,28,34). The van der Waals surface area contributed by atoms with Crippen molar-refractivity contribution in [2.75, 3.05) is 24.1 Å². The number of alkyl halides is 3. The first-order valence-corrected chi connectivity index (χ1v) is 10.1. The largest absolute Gasteiger partial charge is 0.419 e. The smallest absolute Gasteiger partial charge is 0.383 e. The monoisotopic (exact) mass is 480 g/mol. The summed E-state index contributed by atoms with van der Waals surface area (Å²) in [6.07, 6.45) is -1.87. The molecule has 0 aromatic carbocycles. The SMILES string of the molecule is CCN1N=C(CCNC(=O)Nc2nc3ccc(-c4cnc(N)c(C(F)(F)F)c4)cn3c2F)NN1. The maximum absolute atomic E-state index is 14.9. The second-order valence-electron chi connectivity index (χ2n) is 7.18. The molecular formula is C19H20F4N10O. The molecule has 0 spiro atoms. The Morgan fingerprint density at radius 1 is 1.26 bits per heavy atom. The number of nitrogens with zero attached hydrogens (tertiary/aromatic N) is 5. The lowest BCUT2D eigenvalue weighted by atomic mass is 10.1. The Morgan fingerprint density at radius 2 is 2.06 bits per heavy atom. The van der Waals surface area contributed by atoms with Crippen molar-refractivity contribution in [2.24, 2.45) is 5.10 Å². The number of hydrazone groups is 1. The molecule has 4 heterocycles. The lowest BCUT2D eigenvalue weighted by Gasteiger charge is -2.11. The lowest BCUT2D eigenvalue weighted by molar-refractivity contribution is -0.137. The summed E-state index contributed by atoms with van der Waals surface area (Å²) in [5, 5.41) is 10.7. The molecular weight excluding hydrogens is 460 g/mol. The number of halogens is 4. The van der Waals surface area contributed by atoms with Gasteiger partial charge in [-0.15, -0.1) is 10.6 Å². The average molecular weight is 480 g/mol. The molecule has 11 nitrogen and oxygen atoms in total. The normalized spacial score (nSPS) is 13.7. The van der Waals surface area contributed by atoms with Crippen LogP contribution in [0.4, 0.5) is 34.0 Å². The number of anilines is 2. The number of fused-ring (bicyclic) bond motifs is 1. The molecule has 1 aliphatic heterocycles. The number of carbonyl (C=O) groups excluding carboxylic acids is 1. The van der Waals surface area contributed by atoms with E-state index in [1.165, 1.54) is 18.3 Å². The Bertz CT molecular complexity index is 1260. The van der Waals surface area contributed by atoms with Crippen molar-refractivity contribution in [2.45, 2.75) is 19.5 Å². The number of amides is 2. The molecule has 0 fully saturated rings. The zero-order valence-corrected chi connectivity index (χ0v) is 17.7. The van der Waals surface area contributed by atoms with Gasteiger partial charge in [0, 0.05) is 36.5 Å². The number of imidazole rings is 1. The Morgan fingerprint density at radius 3 is 2.76 bits per heavy atom. The third-order valence-corrected chi connectivity index (χ3v) is 4.87. The Balaban J connectivity index is 1.47. The summed E-state index contributed by atoms with van der Waals surface area (Å²) in [6, 6.07) is 3.02. The zero-order chi connectivity index (χ0) is 24.5. The van der Waals surface area contributed by atoms with Crippen molar-refractivity contribution in [3.05, 3.63) is 42.1 Å². The van der Waals surface area contributed by atoms with E-state index >= 15 is 0 Å². The Labute approximate surface area is 190 Å². The number of nitrogen functional groups attached to an aromatic ring is 1. The van der Waals surface area contributed by atoms with E-state index in [1.807, 2.05) is 6.92 Å². The molecule has 0 radical (unpaired) electrons. The first kappa shape index (κ1) is 23.0. The summed E-state index contributed by atoms with van der Waals surface area (Å²) in [5.41, 5.74) is 10.4. The second kappa shape index (κ2) is 9.01. The number of rotatable bonds is 6. The maximum atomic E-state index is 14.9. The number of pyridine rings is 2. The number of nitrogens with two attached hydrogens (primary N) is 1. The third-order valence-electron chi connectivity index (χ3n) is 4.87. The van der Waals surface area contributed by atoms with Gasteiger partial charge in [-0.1, -0.05) is 0 Å². The molecule has 0 atom stereocenters. The number of carbonyl (C=O) groups is 1. The quantitative estimate of drug-likeness (QED) is 0.342. The van der Waals surface area contributed by atoms with E-state index in [-0.39, 0.29) is 29.1 Å². The van der Waals surface area contributed by atoms with Crippen LogP contribution in [0.1, 0.15) is 18.9 Å². The molecule has 180 valence electrons. The van der Waals surface area contributed by atoms with Gasteiger partial charge in [0.1, 0.15) is 17.3 Å². The molecule has 0 unspecified atom stereocenters. The molecule has 34 heavy (non-hydrogen) atoms. The van der Waals surface area contributed by atoms with Crippen molar-refractivity contribution in [3.8, 4) is 11.1 Å². The fourth-order valence-electron chi connectivity index (χ4n) is 3.16. The van der Waals surface area contributed by atoms with Crippen LogP contribution >= 0.6 is 0 Å². The van der Waals surface area contributed by atoms with Crippen LogP contribution < -0.4 is 27.3 Å². The highest BCUT2D eigenvalue weighted by Crippen LogP contribution is 2.35. The first-order valence-electron chi connectivity index (χ1n) is 10.1. The fraction of sp³-hybridized carbons (Fsp3) is 0.263. The first-order chi connectivity index (χ1) is 16.2. The number of hydrazine groups is 2. The van der Waals surface area contributed by atoms with E-state index in [9.17, 15) is 22.4 Å². The highest BCUT2D eigenvalue weighted by molar-refractivity contribution is 5.89. The number of aromatic nitrogens is 3. The van der Waals surface area contributed by atoms with Crippen LogP contribution in [0.3, 0.4) is 0 Å². The van der Waals surface area contributed by atoms with Crippen LogP contribution in [0.25, 0.3) is 16.8 Å². The summed E-state index contributed by atoms with van der Waals surface area (Å²) < 4.78 is 55.3. The molecule has 2 amide bonds. The minimum Gasteiger partial charge on any atom is -0.383 e. The zero-order valence-electron chi connectivity index (χ0n) is 17.7. The topological polar surface area (TPSA) is 137 Å². The van der Waals surface area contributed by atoms with Gasteiger partial charge in [0.25, 0.3) is 0 Å². The summed E-state index contributed by atoms with van der Waals surface area (Å²) >= 11 is 0. The van der Waals surface area contributed by atoms with Gasteiger partial charge in [-0.3, -0.25) is 15.1 Å². The van der Waals surface area contributed by atoms with Crippen LogP contribution in [0.15, 0.2) is 35.7 Å².